The molecular weight excluding hydrogens is 626 g/mol. The normalized spacial score (nSPS) is 11.7. The van der Waals surface area contributed by atoms with Crippen molar-refractivity contribution in [3.8, 4) is 11.5 Å². The summed E-state index contributed by atoms with van der Waals surface area (Å²) in [6, 6.07) is 27.8. The van der Waals surface area contributed by atoms with E-state index >= 15 is 0 Å². The van der Waals surface area contributed by atoms with Crippen molar-refractivity contribution in [2.75, 3.05) is 31.6 Å². The van der Waals surface area contributed by atoms with Gasteiger partial charge in [-0.3, -0.25) is 13.9 Å². The zero-order valence-electron chi connectivity index (χ0n) is 26.1. The number of hydrogen-bond donors (Lipinski definition) is 1. The van der Waals surface area contributed by atoms with E-state index < -0.39 is 28.5 Å². The number of amides is 2. The van der Waals surface area contributed by atoms with Crippen molar-refractivity contribution in [2.45, 2.75) is 37.2 Å². The fourth-order valence-electron chi connectivity index (χ4n) is 4.90. The lowest BCUT2D eigenvalue weighted by Crippen LogP contribution is -2.53. The first kappa shape index (κ1) is 34.3. The topological polar surface area (TPSA) is 105 Å². The summed E-state index contributed by atoms with van der Waals surface area (Å²) in [5.41, 5.74) is 1.80. The third-order valence-electron chi connectivity index (χ3n) is 7.35. The second-order valence-electron chi connectivity index (χ2n) is 10.5. The fourth-order valence-corrected chi connectivity index (χ4v) is 6.44. The first-order valence-corrected chi connectivity index (χ1v) is 16.6. The molecule has 0 fully saturated rings. The fraction of sp³-hybridized carbons (Fsp3) is 0.257. The molecule has 4 aromatic carbocycles. The molecule has 0 heterocycles. The molecule has 242 valence electrons. The highest BCUT2D eigenvalue weighted by Crippen LogP contribution is 2.28. The molecule has 4 aromatic rings. The van der Waals surface area contributed by atoms with Gasteiger partial charge in [0, 0.05) is 24.5 Å². The van der Waals surface area contributed by atoms with Crippen LogP contribution in [0, 0.1) is 0 Å². The first-order valence-electron chi connectivity index (χ1n) is 14.8. The summed E-state index contributed by atoms with van der Waals surface area (Å²) in [5, 5.41) is 3.35. The molecule has 0 spiro atoms. The third-order valence-corrected chi connectivity index (χ3v) is 9.39. The lowest BCUT2D eigenvalue weighted by Gasteiger charge is -2.34. The number of nitrogens with one attached hydrogen (secondary N) is 1. The van der Waals surface area contributed by atoms with Crippen LogP contribution in [0.2, 0.25) is 5.02 Å². The van der Waals surface area contributed by atoms with Crippen molar-refractivity contribution in [1.29, 1.82) is 0 Å². The van der Waals surface area contributed by atoms with Gasteiger partial charge in [-0.2, -0.15) is 0 Å². The van der Waals surface area contributed by atoms with E-state index in [0.29, 0.717) is 35.1 Å². The number of anilines is 1. The zero-order chi connectivity index (χ0) is 33.1. The summed E-state index contributed by atoms with van der Waals surface area (Å²) in [5.74, 6) is 0.171. The lowest BCUT2D eigenvalue weighted by atomic mass is 10.0. The minimum atomic E-state index is -4.26. The SMILES string of the molecule is CCCNC(=O)[C@@H](Cc1ccccc1)N(Cc1cccc(OC)c1)C(=O)CN(c1ccc(Cl)cc1)S(=O)(=O)c1ccc(OC)cc1. The Hall–Kier alpha value is -4.54. The molecular formula is C35H38ClN3O6S. The maximum Gasteiger partial charge on any atom is 0.264 e. The summed E-state index contributed by atoms with van der Waals surface area (Å²) in [4.78, 5) is 29.7. The van der Waals surface area contributed by atoms with Crippen LogP contribution in [-0.4, -0.2) is 58.5 Å². The zero-order valence-corrected chi connectivity index (χ0v) is 27.6. The first-order chi connectivity index (χ1) is 22.2. The van der Waals surface area contributed by atoms with Crippen molar-refractivity contribution >= 4 is 39.1 Å². The Morgan fingerprint density at radius 2 is 1.48 bits per heavy atom. The smallest absolute Gasteiger partial charge is 0.264 e. The van der Waals surface area contributed by atoms with Crippen molar-refractivity contribution in [3.63, 3.8) is 0 Å². The number of benzene rings is 4. The van der Waals surface area contributed by atoms with E-state index in [9.17, 15) is 18.0 Å². The standard InChI is InChI=1S/C35H38ClN3O6S/c1-4-21-37-35(41)33(23-26-9-6-5-7-10-26)38(24-27-11-8-12-31(22-27)45-3)34(40)25-39(29-15-13-28(36)14-16-29)46(42,43)32-19-17-30(44-2)18-20-32/h5-20,22,33H,4,21,23-25H2,1-3H3,(H,37,41)/t33-/m1/s1. The average Bonchev–Trinajstić information content (AvgIpc) is 3.08. The van der Waals surface area contributed by atoms with Gasteiger partial charge >= 0.3 is 0 Å². The number of hydrogen-bond acceptors (Lipinski definition) is 6. The molecule has 0 aliphatic heterocycles. The Kier molecular flexibility index (Phi) is 12.1. The molecule has 1 atom stereocenters. The Labute approximate surface area is 275 Å². The van der Waals surface area contributed by atoms with E-state index in [1.807, 2.05) is 43.3 Å². The second kappa shape index (κ2) is 16.1. The maximum absolute atomic E-state index is 14.5. The van der Waals surface area contributed by atoms with Crippen molar-refractivity contribution in [2.24, 2.45) is 0 Å². The minimum Gasteiger partial charge on any atom is -0.497 e. The van der Waals surface area contributed by atoms with E-state index in [2.05, 4.69) is 5.32 Å². The number of sulfonamides is 1. The summed E-state index contributed by atoms with van der Waals surface area (Å²) < 4.78 is 39.9. The van der Waals surface area contributed by atoms with Crippen molar-refractivity contribution in [3.05, 3.63) is 119 Å². The van der Waals surface area contributed by atoms with Crippen molar-refractivity contribution in [1.82, 2.24) is 10.2 Å². The van der Waals surface area contributed by atoms with Crippen LogP contribution in [0.4, 0.5) is 5.69 Å². The molecule has 0 aliphatic carbocycles. The Balaban J connectivity index is 1.80. The van der Waals surface area contributed by atoms with Gasteiger partial charge in [0.05, 0.1) is 24.8 Å². The Bertz CT molecular complexity index is 1700. The summed E-state index contributed by atoms with van der Waals surface area (Å²) in [6.07, 6.45) is 0.927. The van der Waals surface area contributed by atoms with Gasteiger partial charge in [-0.1, -0.05) is 61.0 Å². The van der Waals surface area contributed by atoms with Gasteiger partial charge in [0.15, 0.2) is 0 Å². The largest absolute Gasteiger partial charge is 0.497 e. The second-order valence-corrected chi connectivity index (χ2v) is 12.8. The number of carbonyl (C=O) groups excluding carboxylic acids is 2. The van der Waals surface area contributed by atoms with Crippen LogP contribution in [0.15, 0.2) is 108 Å². The summed E-state index contributed by atoms with van der Waals surface area (Å²) in [7, 11) is -1.22. The van der Waals surface area contributed by atoms with Gasteiger partial charge in [0.2, 0.25) is 11.8 Å². The molecule has 11 heteroatoms. The molecule has 0 bridgehead atoms. The van der Waals surface area contributed by atoms with E-state index in [1.165, 1.54) is 36.3 Å². The quantitative estimate of drug-likeness (QED) is 0.175. The van der Waals surface area contributed by atoms with E-state index in [0.717, 1.165) is 9.87 Å². The Morgan fingerprint density at radius 1 is 0.826 bits per heavy atom. The molecule has 0 saturated heterocycles. The van der Waals surface area contributed by atoms with Gasteiger partial charge in [0.25, 0.3) is 10.0 Å². The molecule has 46 heavy (non-hydrogen) atoms. The number of methoxy groups -OCH3 is 2. The van der Waals surface area contributed by atoms with Gasteiger partial charge in [-0.05, 0) is 78.2 Å². The molecule has 1 N–H and O–H groups in total. The highest BCUT2D eigenvalue weighted by Gasteiger charge is 2.34. The molecule has 0 radical (unpaired) electrons. The van der Waals surface area contributed by atoms with Crippen LogP contribution in [0.25, 0.3) is 0 Å². The van der Waals surface area contributed by atoms with E-state index in [-0.39, 0.29) is 29.5 Å². The highest BCUT2D eigenvalue weighted by atomic mass is 35.5. The van der Waals surface area contributed by atoms with Crippen molar-refractivity contribution < 1.29 is 27.5 Å². The number of ether oxygens (including phenoxy) is 2. The van der Waals surface area contributed by atoms with E-state index in [1.54, 1.807) is 49.6 Å². The van der Waals surface area contributed by atoms with Crippen LogP contribution >= 0.6 is 11.6 Å². The average molecular weight is 664 g/mol. The lowest BCUT2D eigenvalue weighted by molar-refractivity contribution is -0.140. The maximum atomic E-state index is 14.5. The third kappa shape index (κ3) is 8.80. The molecule has 9 nitrogen and oxygen atoms in total. The predicted octanol–water partition coefficient (Wildman–Crippen LogP) is 5.72. The molecule has 0 unspecified atom stereocenters. The number of halogens is 1. The van der Waals surface area contributed by atoms with Gasteiger partial charge in [-0.25, -0.2) is 8.42 Å². The minimum absolute atomic E-state index is 0.0306. The van der Waals surface area contributed by atoms with Crippen LogP contribution in [0.1, 0.15) is 24.5 Å². The molecule has 2 amide bonds. The van der Waals surface area contributed by atoms with Crippen LogP contribution in [0.3, 0.4) is 0 Å². The van der Waals surface area contributed by atoms with Gasteiger partial charge in [-0.15, -0.1) is 0 Å². The van der Waals surface area contributed by atoms with Gasteiger partial charge < -0.3 is 19.7 Å². The van der Waals surface area contributed by atoms with Crippen LogP contribution in [-0.2, 0) is 32.6 Å². The monoisotopic (exact) mass is 663 g/mol. The molecule has 4 rings (SSSR count). The predicted molar refractivity (Wildman–Crippen MR) is 180 cm³/mol. The molecule has 0 aliphatic rings. The summed E-state index contributed by atoms with van der Waals surface area (Å²) >= 11 is 6.14. The Morgan fingerprint density at radius 3 is 2.11 bits per heavy atom. The highest BCUT2D eigenvalue weighted by molar-refractivity contribution is 7.92. The molecule has 0 aromatic heterocycles. The van der Waals surface area contributed by atoms with E-state index in [4.69, 9.17) is 21.1 Å². The van der Waals surface area contributed by atoms with Crippen LogP contribution < -0.4 is 19.1 Å². The van der Waals surface area contributed by atoms with Crippen LogP contribution in [0.5, 0.6) is 11.5 Å². The van der Waals surface area contributed by atoms with Gasteiger partial charge in [0.1, 0.15) is 24.1 Å². The number of carbonyl (C=O) groups is 2. The number of rotatable bonds is 15. The summed E-state index contributed by atoms with van der Waals surface area (Å²) in [6.45, 7) is 1.82. The number of nitrogens with zero attached hydrogens (tertiary/aromatic N) is 2. The molecule has 0 saturated carbocycles.